The summed E-state index contributed by atoms with van der Waals surface area (Å²) in [7, 11) is 0. The number of aryl methyl sites for hydroxylation is 1. The smallest absolute Gasteiger partial charge is 0.314 e. The molecule has 0 saturated heterocycles. The quantitative estimate of drug-likeness (QED) is 0.890. The molecule has 0 bridgehead atoms. The highest BCUT2D eigenvalue weighted by atomic mass is 16.6. The molecule has 1 aliphatic heterocycles. The second-order valence-corrected chi connectivity index (χ2v) is 5.38. The highest BCUT2D eigenvalue weighted by Gasteiger charge is 2.46. The standard InChI is InChI=1S/C15H18O4/c1-10-4-5-11(13-12(10)18-8-9-19-13)15(14(16)17)6-2-3-7-15/h4-5H,2-3,6-9H2,1H3,(H,16,17). The molecule has 0 unspecified atom stereocenters. The fourth-order valence-electron chi connectivity index (χ4n) is 3.23. The molecule has 2 aliphatic rings. The first-order chi connectivity index (χ1) is 9.15. The first-order valence-electron chi connectivity index (χ1n) is 6.78. The maximum atomic E-state index is 11.8. The normalized spacial score (nSPS) is 20.3. The third kappa shape index (κ3) is 1.78. The molecule has 0 amide bonds. The number of rotatable bonds is 2. The van der Waals surface area contributed by atoms with Crippen molar-refractivity contribution in [3.63, 3.8) is 0 Å². The van der Waals surface area contributed by atoms with Gasteiger partial charge in [-0.05, 0) is 25.3 Å². The van der Waals surface area contributed by atoms with Gasteiger partial charge in [0, 0.05) is 5.56 Å². The van der Waals surface area contributed by atoms with E-state index in [1.165, 1.54) is 0 Å². The predicted molar refractivity (Wildman–Crippen MR) is 70.0 cm³/mol. The molecule has 4 heteroatoms. The van der Waals surface area contributed by atoms with E-state index in [4.69, 9.17) is 9.47 Å². The Labute approximate surface area is 112 Å². The van der Waals surface area contributed by atoms with Gasteiger partial charge in [-0.3, -0.25) is 4.79 Å². The lowest BCUT2D eigenvalue weighted by Crippen LogP contribution is -2.34. The van der Waals surface area contributed by atoms with E-state index in [0.717, 1.165) is 29.7 Å². The first kappa shape index (κ1) is 12.3. The topological polar surface area (TPSA) is 55.8 Å². The van der Waals surface area contributed by atoms with E-state index >= 15 is 0 Å². The Morgan fingerprint density at radius 1 is 1.16 bits per heavy atom. The minimum Gasteiger partial charge on any atom is -0.486 e. The molecule has 1 saturated carbocycles. The molecule has 0 radical (unpaired) electrons. The molecule has 1 aromatic rings. The van der Waals surface area contributed by atoms with Crippen LogP contribution in [0.2, 0.25) is 0 Å². The third-order valence-corrected chi connectivity index (χ3v) is 4.27. The molecule has 1 aromatic carbocycles. The fraction of sp³-hybridized carbons (Fsp3) is 0.533. The number of hydrogen-bond donors (Lipinski definition) is 1. The number of benzene rings is 1. The Morgan fingerprint density at radius 2 is 1.79 bits per heavy atom. The largest absolute Gasteiger partial charge is 0.486 e. The van der Waals surface area contributed by atoms with Crippen LogP contribution in [0, 0.1) is 6.92 Å². The monoisotopic (exact) mass is 262 g/mol. The van der Waals surface area contributed by atoms with Gasteiger partial charge in [-0.1, -0.05) is 25.0 Å². The van der Waals surface area contributed by atoms with Crippen molar-refractivity contribution in [2.45, 2.75) is 38.0 Å². The Balaban J connectivity index is 2.17. The summed E-state index contributed by atoms with van der Waals surface area (Å²) in [6.45, 7) is 2.97. The Hall–Kier alpha value is -1.71. The number of hydrogen-bond acceptors (Lipinski definition) is 3. The van der Waals surface area contributed by atoms with Gasteiger partial charge in [-0.2, -0.15) is 0 Å². The van der Waals surface area contributed by atoms with Crippen molar-refractivity contribution in [1.29, 1.82) is 0 Å². The number of carboxylic acid groups (broad SMARTS) is 1. The Morgan fingerprint density at radius 3 is 2.42 bits per heavy atom. The molecule has 1 N–H and O–H groups in total. The summed E-state index contributed by atoms with van der Waals surface area (Å²) in [5.74, 6) is 0.622. The van der Waals surface area contributed by atoms with Gasteiger partial charge in [0.15, 0.2) is 11.5 Å². The van der Waals surface area contributed by atoms with E-state index in [1.807, 2.05) is 19.1 Å². The summed E-state index contributed by atoms with van der Waals surface area (Å²) < 4.78 is 11.4. The van der Waals surface area contributed by atoms with Crippen LogP contribution in [0.25, 0.3) is 0 Å². The maximum absolute atomic E-state index is 11.8. The van der Waals surface area contributed by atoms with Crippen molar-refractivity contribution >= 4 is 5.97 Å². The molecular weight excluding hydrogens is 244 g/mol. The van der Waals surface area contributed by atoms with Crippen LogP contribution < -0.4 is 9.47 Å². The second kappa shape index (κ2) is 4.44. The molecule has 102 valence electrons. The second-order valence-electron chi connectivity index (χ2n) is 5.38. The van der Waals surface area contributed by atoms with Crippen LogP contribution in [0.3, 0.4) is 0 Å². The third-order valence-electron chi connectivity index (χ3n) is 4.27. The van der Waals surface area contributed by atoms with Crippen molar-refractivity contribution in [2.24, 2.45) is 0 Å². The lowest BCUT2D eigenvalue weighted by molar-refractivity contribution is -0.143. The molecule has 0 atom stereocenters. The average molecular weight is 262 g/mol. The van der Waals surface area contributed by atoms with E-state index in [-0.39, 0.29) is 0 Å². The van der Waals surface area contributed by atoms with Crippen molar-refractivity contribution in [3.8, 4) is 11.5 Å². The summed E-state index contributed by atoms with van der Waals surface area (Å²) in [6, 6.07) is 3.84. The van der Waals surface area contributed by atoms with E-state index in [1.54, 1.807) is 0 Å². The number of carbonyl (C=O) groups is 1. The summed E-state index contributed by atoms with van der Waals surface area (Å²) >= 11 is 0. The van der Waals surface area contributed by atoms with Gasteiger partial charge in [0.05, 0.1) is 5.41 Å². The van der Waals surface area contributed by atoms with Crippen LogP contribution in [0.5, 0.6) is 11.5 Å². The highest BCUT2D eigenvalue weighted by molar-refractivity contribution is 5.83. The number of carboxylic acids is 1. The van der Waals surface area contributed by atoms with Crippen LogP contribution in [-0.2, 0) is 10.2 Å². The van der Waals surface area contributed by atoms with Gasteiger partial charge in [0.2, 0.25) is 0 Å². The molecule has 0 spiro atoms. The molecule has 1 aliphatic carbocycles. The molecule has 3 rings (SSSR count). The molecule has 1 heterocycles. The van der Waals surface area contributed by atoms with Crippen molar-refractivity contribution in [1.82, 2.24) is 0 Å². The van der Waals surface area contributed by atoms with Gasteiger partial charge in [0.1, 0.15) is 13.2 Å². The van der Waals surface area contributed by atoms with E-state index in [2.05, 4.69) is 0 Å². The summed E-state index contributed by atoms with van der Waals surface area (Å²) in [4.78, 5) is 11.8. The SMILES string of the molecule is Cc1ccc(C2(C(=O)O)CCCC2)c2c1OCCO2. The van der Waals surface area contributed by atoms with Crippen molar-refractivity contribution < 1.29 is 19.4 Å². The van der Waals surface area contributed by atoms with Gasteiger partial charge >= 0.3 is 5.97 Å². The Kier molecular flexibility index (Phi) is 2.88. The van der Waals surface area contributed by atoms with Crippen LogP contribution in [0.15, 0.2) is 12.1 Å². The van der Waals surface area contributed by atoms with Crippen LogP contribution in [0.1, 0.15) is 36.8 Å². The summed E-state index contributed by atoms with van der Waals surface area (Å²) in [5, 5.41) is 9.69. The summed E-state index contributed by atoms with van der Waals surface area (Å²) in [5.41, 5.74) is 0.994. The van der Waals surface area contributed by atoms with E-state index in [9.17, 15) is 9.90 Å². The van der Waals surface area contributed by atoms with Crippen LogP contribution in [-0.4, -0.2) is 24.3 Å². The first-order valence-corrected chi connectivity index (χ1v) is 6.78. The predicted octanol–water partition coefficient (Wildman–Crippen LogP) is 2.66. The zero-order valence-electron chi connectivity index (χ0n) is 11.1. The molecule has 4 nitrogen and oxygen atoms in total. The highest BCUT2D eigenvalue weighted by Crippen LogP contribution is 2.49. The van der Waals surface area contributed by atoms with E-state index in [0.29, 0.717) is 31.8 Å². The van der Waals surface area contributed by atoms with E-state index < -0.39 is 11.4 Å². The van der Waals surface area contributed by atoms with Crippen LogP contribution in [0.4, 0.5) is 0 Å². The zero-order valence-corrected chi connectivity index (χ0v) is 11.1. The number of ether oxygens (including phenoxy) is 2. The van der Waals surface area contributed by atoms with Gasteiger partial charge in [-0.15, -0.1) is 0 Å². The molecular formula is C15H18O4. The lowest BCUT2D eigenvalue weighted by Gasteiger charge is -2.30. The minimum atomic E-state index is -0.793. The molecule has 1 fully saturated rings. The maximum Gasteiger partial charge on any atom is 0.314 e. The summed E-state index contributed by atoms with van der Waals surface area (Å²) in [6.07, 6.45) is 3.27. The Bertz CT molecular complexity index is 515. The fourth-order valence-corrected chi connectivity index (χ4v) is 3.23. The average Bonchev–Trinajstić information content (AvgIpc) is 2.90. The van der Waals surface area contributed by atoms with Gasteiger partial charge < -0.3 is 14.6 Å². The molecule has 19 heavy (non-hydrogen) atoms. The van der Waals surface area contributed by atoms with Gasteiger partial charge in [-0.25, -0.2) is 0 Å². The van der Waals surface area contributed by atoms with Gasteiger partial charge in [0.25, 0.3) is 0 Å². The minimum absolute atomic E-state index is 0.485. The van der Waals surface area contributed by atoms with Crippen molar-refractivity contribution in [2.75, 3.05) is 13.2 Å². The molecule has 0 aromatic heterocycles. The van der Waals surface area contributed by atoms with Crippen LogP contribution >= 0.6 is 0 Å². The number of aliphatic carboxylic acids is 1. The lowest BCUT2D eigenvalue weighted by atomic mass is 9.78. The number of fused-ring (bicyclic) bond motifs is 1. The van der Waals surface area contributed by atoms with Crippen molar-refractivity contribution in [3.05, 3.63) is 23.3 Å². The zero-order chi connectivity index (χ0) is 13.5.